The van der Waals surface area contributed by atoms with Gasteiger partial charge in [0.1, 0.15) is 5.82 Å². The van der Waals surface area contributed by atoms with Crippen molar-refractivity contribution >= 4 is 22.8 Å². The van der Waals surface area contributed by atoms with Gasteiger partial charge in [-0.2, -0.15) is 5.10 Å². The molecule has 2 aromatic heterocycles. The van der Waals surface area contributed by atoms with Gasteiger partial charge in [-0.25, -0.2) is 14.6 Å². The van der Waals surface area contributed by atoms with Crippen LogP contribution < -0.4 is 11.1 Å². The Morgan fingerprint density at radius 3 is 2.43 bits per heavy atom. The molecule has 0 fully saturated rings. The normalized spacial score (nSPS) is 12.1. The highest BCUT2D eigenvalue weighted by Gasteiger charge is 2.19. The molecule has 1 amide bonds. The number of nitrogens with one attached hydrogen (secondary N) is 1. The molecule has 0 bridgehead atoms. The molecule has 0 unspecified atom stereocenters. The zero-order valence-corrected chi connectivity index (χ0v) is 17.3. The molecular weight excluding hydrogens is 376 g/mol. The van der Waals surface area contributed by atoms with E-state index in [2.05, 4.69) is 36.4 Å². The van der Waals surface area contributed by atoms with Gasteiger partial charge in [-0.1, -0.05) is 49.4 Å². The summed E-state index contributed by atoms with van der Waals surface area (Å²) in [7, 11) is 1.89. The highest BCUT2D eigenvalue weighted by molar-refractivity contribution is 5.94. The summed E-state index contributed by atoms with van der Waals surface area (Å²) in [5.41, 5.74) is 9.49. The number of aryl methyl sites for hydroxylation is 2. The number of hydrogen-bond donors (Lipinski definition) is 2. The molecule has 4 aromatic rings. The van der Waals surface area contributed by atoms with Crippen molar-refractivity contribution in [3.05, 3.63) is 71.4 Å². The number of carbonyl (C=O) groups is 1. The van der Waals surface area contributed by atoms with E-state index in [0.29, 0.717) is 11.4 Å². The number of fused-ring (bicyclic) bond motifs is 1. The lowest BCUT2D eigenvalue weighted by Crippen LogP contribution is -2.11. The lowest BCUT2D eigenvalue weighted by atomic mass is 10.1. The van der Waals surface area contributed by atoms with Gasteiger partial charge in [0.2, 0.25) is 5.91 Å². The predicted octanol–water partition coefficient (Wildman–Crippen LogP) is 3.86. The second kappa shape index (κ2) is 7.94. The van der Waals surface area contributed by atoms with Gasteiger partial charge < -0.3 is 11.1 Å². The molecule has 4 rings (SSSR count). The first-order valence-electron chi connectivity index (χ1n) is 9.93. The van der Waals surface area contributed by atoms with Gasteiger partial charge in [0, 0.05) is 24.2 Å². The summed E-state index contributed by atoms with van der Waals surface area (Å²) in [6.07, 6.45) is 0.780. The van der Waals surface area contributed by atoms with Crippen LogP contribution in [0.3, 0.4) is 0 Å². The average molecular weight is 400 g/mol. The fourth-order valence-electron chi connectivity index (χ4n) is 3.52. The molecule has 3 N–H and O–H groups in total. The molecular formula is C23H24N6O. The van der Waals surface area contributed by atoms with Crippen molar-refractivity contribution in [1.29, 1.82) is 0 Å². The first-order valence-corrected chi connectivity index (χ1v) is 9.93. The number of nitrogens with two attached hydrogens (primary N) is 1. The van der Waals surface area contributed by atoms with Gasteiger partial charge in [0.05, 0.1) is 11.1 Å². The first-order chi connectivity index (χ1) is 14.5. The van der Waals surface area contributed by atoms with Crippen LogP contribution in [-0.2, 0) is 13.5 Å². The summed E-state index contributed by atoms with van der Waals surface area (Å²) in [4.78, 5) is 21.0. The number of carbonyl (C=O) groups excluding carboxylic acids is 1. The predicted molar refractivity (Wildman–Crippen MR) is 118 cm³/mol. The number of amides is 1. The van der Waals surface area contributed by atoms with Crippen molar-refractivity contribution in [1.82, 2.24) is 19.7 Å². The van der Waals surface area contributed by atoms with Crippen LogP contribution in [0.5, 0.6) is 0 Å². The third kappa shape index (κ3) is 3.61. The van der Waals surface area contributed by atoms with E-state index >= 15 is 0 Å². The quantitative estimate of drug-likeness (QED) is 0.512. The Morgan fingerprint density at radius 1 is 1.10 bits per heavy atom. The molecule has 7 nitrogen and oxygen atoms in total. The van der Waals surface area contributed by atoms with Crippen LogP contribution in [0.15, 0.2) is 54.6 Å². The zero-order chi connectivity index (χ0) is 21.3. The van der Waals surface area contributed by atoms with Gasteiger partial charge in [-0.05, 0) is 31.0 Å². The molecule has 7 heteroatoms. The van der Waals surface area contributed by atoms with Crippen molar-refractivity contribution in [2.75, 3.05) is 5.32 Å². The number of anilines is 1. The summed E-state index contributed by atoms with van der Waals surface area (Å²) in [6, 6.07) is 17.3. The largest absolute Gasteiger partial charge is 0.366 e. The van der Waals surface area contributed by atoms with Gasteiger partial charge in [0.25, 0.3) is 0 Å². The van der Waals surface area contributed by atoms with E-state index in [0.717, 1.165) is 34.5 Å². The monoisotopic (exact) mass is 400 g/mol. The summed E-state index contributed by atoms with van der Waals surface area (Å²) in [5, 5.41) is 9.12. The molecule has 2 heterocycles. The lowest BCUT2D eigenvalue weighted by Gasteiger charge is -2.17. The number of aromatic nitrogens is 4. The number of nitrogens with zero attached hydrogens (tertiary/aromatic N) is 4. The van der Waals surface area contributed by atoms with Crippen molar-refractivity contribution in [3.8, 4) is 11.4 Å². The fraction of sp³-hybridized carbons (Fsp3) is 0.217. The maximum Gasteiger partial charge on any atom is 0.248 e. The highest BCUT2D eigenvalue weighted by Crippen LogP contribution is 2.30. The maximum absolute atomic E-state index is 11.4. The molecule has 0 spiro atoms. The van der Waals surface area contributed by atoms with E-state index in [4.69, 9.17) is 15.7 Å². The second-order valence-corrected chi connectivity index (χ2v) is 7.24. The minimum atomic E-state index is -0.462. The van der Waals surface area contributed by atoms with Crippen LogP contribution in [0.1, 0.15) is 41.5 Å². The molecule has 0 saturated carbocycles. The number of primary amides is 1. The third-order valence-corrected chi connectivity index (χ3v) is 5.17. The van der Waals surface area contributed by atoms with Crippen molar-refractivity contribution in [2.24, 2.45) is 12.8 Å². The van der Waals surface area contributed by atoms with E-state index in [-0.39, 0.29) is 6.04 Å². The Hall–Kier alpha value is -3.74. The van der Waals surface area contributed by atoms with Crippen molar-refractivity contribution in [2.45, 2.75) is 26.3 Å². The molecule has 30 heavy (non-hydrogen) atoms. The van der Waals surface area contributed by atoms with E-state index in [9.17, 15) is 4.79 Å². The van der Waals surface area contributed by atoms with Gasteiger partial charge in [-0.3, -0.25) is 4.79 Å². The van der Waals surface area contributed by atoms with Crippen molar-refractivity contribution < 1.29 is 4.79 Å². The number of rotatable bonds is 6. The average Bonchev–Trinajstić information content (AvgIpc) is 3.10. The van der Waals surface area contributed by atoms with E-state index < -0.39 is 5.91 Å². The molecule has 0 aliphatic heterocycles. The number of benzene rings is 2. The van der Waals surface area contributed by atoms with E-state index in [1.54, 1.807) is 16.8 Å². The zero-order valence-electron chi connectivity index (χ0n) is 17.3. The van der Waals surface area contributed by atoms with E-state index in [1.807, 2.05) is 37.4 Å². The molecule has 1 atom stereocenters. The Balaban J connectivity index is 1.83. The fourth-order valence-corrected chi connectivity index (χ4v) is 3.52. The summed E-state index contributed by atoms with van der Waals surface area (Å²) < 4.78 is 1.79. The summed E-state index contributed by atoms with van der Waals surface area (Å²) in [6.45, 7) is 4.18. The molecule has 0 radical (unpaired) electrons. The Labute approximate surface area is 175 Å². The van der Waals surface area contributed by atoms with Gasteiger partial charge >= 0.3 is 0 Å². The molecule has 2 aromatic carbocycles. The Kier molecular flexibility index (Phi) is 5.18. The second-order valence-electron chi connectivity index (χ2n) is 7.24. The van der Waals surface area contributed by atoms with Crippen LogP contribution in [0.4, 0.5) is 5.82 Å². The van der Waals surface area contributed by atoms with E-state index in [1.165, 1.54) is 5.56 Å². The molecule has 152 valence electrons. The van der Waals surface area contributed by atoms with Crippen LogP contribution in [0.2, 0.25) is 0 Å². The molecule has 0 aliphatic rings. The first kappa shape index (κ1) is 19.6. The SMILES string of the molecule is CCc1nn(C)c2nc(-c3ccc(C(N)=O)cc3)nc(N[C@@H](C)c3ccccc3)c12. The van der Waals surface area contributed by atoms with Crippen LogP contribution >= 0.6 is 0 Å². The standard InChI is InChI=1S/C23H24N6O/c1-4-18-19-22(25-14(2)15-8-6-5-7-9-15)26-21(27-23(19)29(3)28-18)17-12-10-16(11-13-17)20(24)30/h5-14H,4H2,1-3H3,(H2,24,30)(H,25,26,27)/t14-/m0/s1. The van der Waals surface area contributed by atoms with Crippen LogP contribution in [0.25, 0.3) is 22.4 Å². The summed E-state index contributed by atoms with van der Waals surface area (Å²) >= 11 is 0. The minimum absolute atomic E-state index is 0.0549. The molecule has 0 aliphatic carbocycles. The lowest BCUT2D eigenvalue weighted by molar-refractivity contribution is 0.100. The van der Waals surface area contributed by atoms with Crippen LogP contribution in [-0.4, -0.2) is 25.7 Å². The minimum Gasteiger partial charge on any atom is -0.366 e. The highest BCUT2D eigenvalue weighted by atomic mass is 16.1. The van der Waals surface area contributed by atoms with Gasteiger partial charge in [0.15, 0.2) is 11.5 Å². The Bertz CT molecular complexity index is 1200. The smallest absolute Gasteiger partial charge is 0.248 e. The topological polar surface area (TPSA) is 98.7 Å². The van der Waals surface area contributed by atoms with Crippen molar-refractivity contribution in [3.63, 3.8) is 0 Å². The number of hydrogen-bond acceptors (Lipinski definition) is 5. The van der Waals surface area contributed by atoms with Crippen LogP contribution in [0, 0.1) is 0 Å². The Morgan fingerprint density at radius 2 is 1.80 bits per heavy atom. The molecule has 0 saturated heterocycles. The maximum atomic E-state index is 11.4. The third-order valence-electron chi connectivity index (χ3n) is 5.17. The van der Waals surface area contributed by atoms with Gasteiger partial charge in [-0.15, -0.1) is 0 Å². The summed E-state index contributed by atoms with van der Waals surface area (Å²) in [5.74, 6) is 0.846.